The number of hydrogen-bond donors (Lipinski definition) is 1. The first-order valence-electron chi connectivity index (χ1n) is 14.4. The van der Waals surface area contributed by atoms with E-state index in [2.05, 4.69) is 127 Å². The van der Waals surface area contributed by atoms with Gasteiger partial charge in [-0.15, -0.1) is 0 Å². The highest BCUT2D eigenvalue weighted by Gasteiger charge is 2.12. The normalized spacial score (nSPS) is 10.9. The minimum atomic E-state index is 0.690. The van der Waals surface area contributed by atoms with E-state index >= 15 is 0 Å². The van der Waals surface area contributed by atoms with Crippen molar-refractivity contribution in [2.75, 3.05) is 5.73 Å². The van der Waals surface area contributed by atoms with Gasteiger partial charge in [0.1, 0.15) is 0 Å². The van der Waals surface area contributed by atoms with Crippen LogP contribution in [0.1, 0.15) is 0 Å². The largest absolute Gasteiger partial charge is 0.399 e. The molecule has 0 radical (unpaired) electrons. The van der Waals surface area contributed by atoms with Crippen LogP contribution in [0.15, 0.2) is 164 Å². The van der Waals surface area contributed by atoms with Gasteiger partial charge in [-0.2, -0.15) is 0 Å². The van der Waals surface area contributed by atoms with Gasteiger partial charge in [0.2, 0.25) is 0 Å². The number of aromatic nitrogens is 2. The minimum absolute atomic E-state index is 0.690. The average Bonchev–Trinajstić information content (AvgIpc) is 3.09. The molecule has 6 aromatic carbocycles. The van der Waals surface area contributed by atoms with Crippen LogP contribution in [0.5, 0.6) is 0 Å². The molecule has 2 N–H and O–H groups in total. The molecular formula is C40H29N3. The minimum Gasteiger partial charge on any atom is -0.399 e. The third kappa shape index (κ3) is 5.70. The van der Waals surface area contributed by atoms with Crippen LogP contribution in [0, 0.1) is 0 Å². The quantitative estimate of drug-likeness (QED) is 0.209. The molecular weight excluding hydrogens is 522 g/mol. The number of benzene rings is 6. The molecule has 3 nitrogen and oxygen atoms in total. The molecule has 1 heterocycles. The first-order valence-corrected chi connectivity index (χ1v) is 14.4. The van der Waals surface area contributed by atoms with E-state index in [1.807, 2.05) is 36.4 Å². The van der Waals surface area contributed by atoms with Gasteiger partial charge in [-0.1, -0.05) is 146 Å². The van der Waals surface area contributed by atoms with Crippen molar-refractivity contribution in [1.82, 2.24) is 9.97 Å². The van der Waals surface area contributed by atoms with Crippen molar-refractivity contribution in [3.8, 4) is 67.3 Å². The second-order valence-electron chi connectivity index (χ2n) is 10.5. The summed E-state index contributed by atoms with van der Waals surface area (Å²) in [5.41, 5.74) is 18.4. The van der Waals surface area contributed by atoms with E-state index in [1.54, 1.807) is 0 Å². The zero-order valence-electron chi connectivity index (χ0n) is 23.6. The monoisotopic (exact) mass is 551 g/mol. The van der Waals surface area contributed by atoms with Crippen LogP contribution in [0.2, 0.25) is 0 Å². The maximum absolute atomic E-state index is 5.89. The molecule has 204 valence electrons. The molecule has 0 fully saturated rings. The summed E-state index contributed by atoms with van der Waals surface area (Å²) in [5.74, 6) is 0.690. The molecule has 7 aromatic rings. The van der Waals surface area contributed by atoms with Crippen molar-refractivity contribution in [1.29, 1.82) is 0 Å². The number of rotatable bonds is 6. The molecule has 43 heavy (non-hydrogen) atoms. The molecule has 0 aliphatic rings. The van der Waals surface area contributed by atoms with Crippen molar-refractivity contribution in [2.45, 2.75) is 0 Å². The van der Waals surface area contributed by atoms with Crippen LogP contribution in [0.25, 0.3) is 67.3 Å². The standard InChI is InChI=1S/C40H29N3/c41-37-25-23-33(24-26-37)32-15-21-36(22-16-32)40-42-38(34-17-11-30(12-18-34)28-7-3-1-4-8-28)27-39(43-40)35-19-13-31(14-20-35)29-9-5-2-6-10-29/h1-27H,41H2. The molecule has 0 saturated heterocycles. The van der Waals surface area contributed by atoms with Crippen LogP contribution in [0.3, 0.4) is 0 Å². The van der Waals surface area contributed by atoms with Crippen molar-refractivity contribution in [3.63, 3.8) is 0 Å². The average molecular weight is 552 g/mol. The van der Waals surface area contributed by atoms with E-state index in [9.17, 15) is 0 Å². The van der Waals surface area contributed by atoms with Crippen LogP contribution in [-0.2, 0) is 0 Å². The maximum atomic E-state index is 5.89. The highest BCUT2D eigenvalue weighted by molar-refractivity contribution is 5.76. The van der Waals surface area contributed by atoms with E-state index in [1.165, 1.54) is 22.3 Å². The van der Waals surface area contributed by atoms with Crippen molar-refractivity contribution < 1.29 is 0 Å². The Labute approximate surface area is 252 Å². The fourth-order valence-corrected chi connectivity index (χ4v) is 5.29. The second-order valence-corrected chi connectivity index (χ2v) is 10.5. The Kier molecular flexibility index (Phi) is 7.04. The lowest BCUT2D eigenvalue weighted by atomic mass is 10.00. The zero-order valence-corrected chi connectivity index (χ0v) is 23.6. The molecule has 0 aliphatic carbocycles. The van der Waals surface area contributed by atoms with E-state index in [0.717, 1.165) is 44.9 Å². The number of nitrogens with two attached hydrogens (primary N) is 1. The van der Waals surface area contributed by atoms with Crippen molar-refractivity contribution in [2.24, 2.45) is 0 Å². The molecule has 0 saturated carbocycles. The van der Waals surface area contributed by atoms with Crippen molar-refractivity contribution in [3.05, 3.63) is 164 Å². The molecule has 7 rings (SSSR count). The SMILES string of the molecule is Nc1ccc(-c2ccc(-c3nc(-c4ccc(-c5ccccc5)cc4)cc(-c4ccc(-c5ccccc5)cc4)n3)cc2)cc1. The van der Waals surface area contributed by atoms with Gasteiger partial charge in [0.05, 0.1) is 11.4 Å². The summed E-state index contributed by atoms with van der Waals surface area (Å²) in [6.07, 6.45) is 0. The van der Waals surface area contributed by atoms with Gasteiger partial charge < -0.3 is 5.73 Å². The zero-order chi connectivity index (χ0) is 29.0. The smallest absolute Gasteiger partial charge is 0.160 e. The topological polar surface area (TPSA) is 51.8 Å². The lowest BCUT2D eigenvalue weighted by Crippen LogP contribution is -1.96. The van der Waals surface area contributed by atoms with Gasteiger partial charge >= 0.3 is 0 Å². The molecule has 0 spiro atoms. The van der Waals surface area contributed by atoms with Crippen LogP contribution >= 0.6 is 0 Å². The molecule has 0 bridgehead atoms. The van der Waals surface area contributed by atoms with Crippen molar-refractivity contribution >= 4 is 5.69 Å². The Morgan fingerprint density at radius 1 is 0.302 bits per heavy atom. The Bertz CT molecular complexity index is 1860. The Morgan fingerprint density at radius 3 is 1.00 bits per heavy atom. The van der Waals surface area contributed by atoms with Crippen LogP contribution in [0.4, 0.5) is 5.69 Å². The Balaban J connectivity index is 1.28. The predicted molar refractivity (Wildman–Crippen MR) is 179 cm³/mol. The molecule has 3 heteroatoms. The number of nitrogen functional groups attached to an aromatic ring is 1. The van der Waals surface area contributed by atoms with Gasteiger partial charge in [-0.05, 0) is 51.6 Å². The van der Waals surface area contributed by atoms with Gasteiger partial charge in [-0.25, -0.2) is 9.97 Å². The van der Waals surface area contributed by atoms with Gasteiger partial charge in [0.25, 0.3) is 0 Å². The summed E-state index contributed by atoms with van der Waals surface area (Å²) in [5, 5.41) is 0. The first kappa shape index (κ1) is 26.1. The fraction of sp³-hybridized carbons (Fsp3) is 0. The number of hydrogen-bond acceptors (Lipinski definition) is 3. The lowest BCUT2D eigenvalue weighted by Gasteiger charge is -2.11. The Hall–Kier alpha value is -5.80. The molecule has 0 amide bonds. The highest BCUT2D eigenvalue weighted by atomic mass is 14.9. The molecule has 0 unspecified atom stereocenters. The summed E-state index contributed by atoms with van der Waals surface area (Å²) >= 11 is 0. The summed E-state index contributed by atoms with van der Waals surface area (Å²) < 4.78 is 0. The van der Waals surface area contributed by atoms with Crippen LogP contribution in [-0.4, -0.2) is 9.97 Å². The maximum Gasteiger partial charge on any atom is 0.160 e. The van der Waals surface area contributed by atoms with Gasteiger partial charge in [-0.3, -0.25) is 0 Å². The fourth-order valence-electron chi connectivity index (χ4n) is 5.29. The van der Waals surface area contributed by atoms with E-state index in [0.29, 0.717) is 5.82 Å². The third-order valence-corrected chi connectivity index (χ3v) is 7.69. The number of nitrogens with zero attached hydrogens (tertiary/aromatic N) is 2. The summed E-state index contributed by atoms with van der Waals surface area (Å²) in [6.45, 7) is 0. The molecule has 0 aliphatic heterocycles. The van der Waals surface area contributed by atoms with Gasteiger partial charge in [0, 0.05) is 22.4 Å². The number of anilines is 1. The van der Waals surface area contributed by atoms with E-state index in [-0.39, 0.29) is 0 Å². The predicted octanol–water partition coefficient (Wildman–Crippen LogP) is 10.1. The highest BCUT2D eigenvalue weighted by Crippen LogP contribution is 2.31. The van der Waals surface area contributed by atoms with E-state index < -0.39 is 0 Å². The molecule has 0 atom stereocenters. The summed E-state index contributed by atoms with van der Waals surface area (Å²) in [7, 11) is 0. The van der Waals surface area contributed by atoms with Crippen LogP contribution < -0.4 is 5.73 Å². The molecule has 1 aromatic heterocycles. The van der Waals surface area contributed by atoms with E-state index in [4.69, 9.17) is 15.7 Å². The lowest BCUT2D eigenvalue weighted by molar-refractivity contribution is 1.18. The summed E-state index contributed by atoms with van der Waals surface area (Å²) in [6, 6.07) is 56.4. The first-order chi connectivity index (χ1) is 21.2. The second kappa shape index (κ2) is 11.6. The third-order valence-electron chi connectivity index (χ3n) is 7.69. The Morgan fingerprint density at radius 2 is 0.605 bits per heavy atom. The summed E-state index contributed by atoms with van der Waals surface area (Å²) in [4.78, 5) is 10.1. The van der Waals surface area contributed by atoms with Gasteiger partial charge in [0.15, 0.2) is 5.82 Å².